The van der Waals surface area contributed by atoms with Gasteiger partial charge in [-0.25, -0.2) is 0 Å². The molecule has 1 N–H and O–H groups in total. The molecule has 0 radical (unpaired) electrons. The lowest BCUT2D eigenvalue weighted by Crippen LogP contribution is -2.57. The quantitative estimate of drug-likeness (QED) is 0.880. The van der Waals surface area contributed by atoms with Crippen LogP contribution in [-0.2, 0) is 16.0 Å². The number of ether oxygens (including phenoxy) is 1. The number of amides is 2. The summed E-state index contributed by atoms with van der Waals surface area (Å²) in [6.45, 7) is 3.41. The zero-order chi connectivity index (χ0) is 16.9. The molecule has 1 atom stereocenters. The summed E-state index contributed by atoms with van der Waals surface area (Å²) in [7, 11) is 1.63. The molecule has 1 unspecified atom stereocenters. The van der Waals surface area contributed by atoms with E-state index in [9.17, 15) is 9.59 Å². The van der Waals surface area contributed by atoms with Crippen molar-refractivity contribution in [3.8, 4) is 5.75 Å². The molecule has 0 bridgehead atoms. The van der Waals surface area contributed by atoms with Gasteiger partial charge < -0.3 is 19.9 Å². The van der Waals surface area contributed by atoms with Crippen molar-refractivity contribution in [3.05, 3.63) is 29.8 Å². The van der Waals surface area contributed by atoms with E-state index in [0.29, 0.717) is 19.5 Å². The van der Waals surface area contributed by atoms with Crippen LogP contribution in [0.5, 0.6) is 5.75 Å². The topological polar surface area (TPSA) is 61.9 Å². The minimum atomic E-state index is 0.121. The largest absolute Gasteiger partial charge is 0.497 e. The summed E-state index contributed by atoms with van der Waals surface area (Å²) in [5, 5.41) is 3.10. The molecule has 3 rings (SSSR count). The lowest BCUT2D eigenvalue weighted by atomic mass is 10.0. The van der Waals surface area contributed by atoms with Crippen LogP contribution < -0.4 is 10.1 Å². The van der Waals surface area contributed by atoms with Gasteiger partial charge in [0.25, 0.3) is 0 Å². The summed E-state index contributed by atoms with van der Waals surface area (Å²) in [6, 6.07) is 7.78. The van der Waals surface area contributed by atoms with Gasteiger partial charge in [-0.05, 0) is 30.5 Å². The molecule has 6 heteroatoms. The van der Waals surface area contributed by atoms with Gasteiger partial charge in [0.15, 0.2) is 0 Å². The number of piperidine rings is 1. The number of carbonyl (C=O) groups excluding carboxylic acids is 2. The Labute approximate surface area is 142 Å². The van der Waals surface area contributed by atoms with Crippen LogP contribution in [0.2, 0.25) is 0 Å². The standard InChI is InChI=1S/C18H25N3O3/c1-24-16-6-2-4-14(10-16)11-17(22)20-8-3-5-15(13-20)21-9-7-19-12-18(21)23/h2,4,6,10,15,19H,3,5,7-9,11-13H2,1H3. The van der Waals surface area contributed by atoms with Crippen LogP contribution in [0.3, 0.4) is 0 Å². The summed E-state index contributed by atoms with van der Waals surface area (Å²) < 4.78 is 5.22. The molecule has 24 heavy (non-hydrogen) atoms. The van der Waals surface area contributed by atoms with E-state index in [-0.39, 0.29) is 17.9 Å². The summed E-state index contributed by atoms with van der Waals surface area (Å²) >= 11 is 0. The van der Waals surface area contributed by atoms with Gasteiger partial charge in [0.1, 0.15) is 5.75 Å². The zero-order valence-electron chi connectivity index (χ0n) is 14.2. The van der Waals surface area contributed by atoms with Crippen LogP contribution in [0.1, 0.15) is 18.4 Å². The van der Waals surface area contributed by atoms with E-state index < -0.39 is 0 Å². The number of benzene rings is 1. The molecule has 0 spiro atoms. The molecule has 6 nitrogen and oxygen atoms in total. The minimum absolute atomic E-state index is 0.121. The first-order valence-corrected chi connectivity index (χ1v) is 8.58. The molecular formula is C18H25N3O3. The second kappa shape index (κ2) is 7.66. The fraction of sp³-hybridized carbons (Fsp3) is 0.556. The fourth-order valence-electron chi connectivity index (χ4n) is 3.51. The van der Waals surface area contributed by atoms with E-state index in [1.807, 2.05) is 34.1 Å². The Morgan fingerprint density at radius 3 is 3.04 bits per heavy atom. The van der Waals surface area contributed by atoms with Crippen molar-refractivity contribution in [2.75, 3.05) is 39.8 Å². The SMILES string of the molecule is COc1cccc(CC(=O)N2CCCC(N3CCNCC3=O)C2)c1. The van der Waals surface area contributed by atoms with Crippen molar-refractivity contribution in [2.45, 2.75) is 25.3 Å². The molecule has 0 saturated carbocycles. The zero-order valence-corrected chi connectivity index (χ0v) is 14.2. The van der Waals surface area contributed by atoms with Crippen LogP contribution in [0.15, 0.2) is 24.3 Å². The highest BCUT2D eigenvalue weighted by molar-refractivity contribution is 5.80. The van der Waals surface area contributed by atoms with E-state index in [1.54, 1.807) is 7.11 Å². The van der Waals surface area contributed by atoms with Gasteiger partial charge in [0, 0.05) is 32.2 Å². The predicted molar refractivity (Wildman–Crippen MR) is 90.9 cm³/mol. The van der Waals surface area contributed by atoms with Crippen LogP contribution in [0.25, 0.3) is 0 Å². The number of nitrogens with one attached hydrogen (secondary N) is 1. The maximum Gasteiger partial charge on any atom is 0.236 e. The van der Waals surface area contributed by atoms with Crippen molar-refractivity contribution in [1.82, 2.24) is 15.1 Å². The summed E-state index contributed by atoms with van der Waals surface area (Å²) in [6.07, 6.45) is 2.31. The molecule has 2 amide bonds. The summed E-state index contributed by atoms with van der Waals surface area (Å²) in [5.74, 6) is 1.03. The molecule has 130 valence electrons. The monoisotopic (exact) mass is 331 g/mol. The van der Waals surface area contributed by atoms with Crippen molar-refractivity contribution in [3.63, 3.8) is 0 Å². The van der Waals surface area contributed by atoms with Gasteiger partial charge in [-0.2, -0.15) is 0 Å². The Kier molecular flexibility index (Phi) is 5.35. The van der Waals surface area contributed by atoms with Crippen LogP contribution in [-0.4, -0.2) is 67.5 Å². The number of rotatable bonds is 4. The van der Waals surface area contributed by atoms with E-state index >= 15 is 0 Å². The predicted octanol–water partition coefficient (Wildman–Crippen LogP) is 0.661. The van der Waals surface area contributed by atoms with E-state index in [0.717, 1.165) is 43.8 Å². The third-order valence-corrected chi connectivity index (χ3v) is 4.81. The minimum Gasteiger partial charge on any atom is -0.497 e. The van der Waals surface area contributed by atoms with E-state index in [2.05, 4.69) is 5.32 Å². The van der Waals surface area contributed by atoms with E-state index in [4.69, 9.17) is 4.74 Å². The molecule has 2 aliphatic heterocycles. The van der Waals surface area contributed by atoms with Gasteiger partial charge in [-0.3, -0.25) is 9.59 Å². The molecule has 2 heterocycles. The number of nitrogens with zero attached hydrogens (tertiary/aromatic N) is 2. The lowest BCUT2D eigenvalue weighted by Gasteiger charge is -2.41. The number of methoxy groups -OCH3 is 1. The highest BCUT2D eigenvalue weighted by atomic mass is 16.5. The molecule has 2 aliphatic rings. The van der Waals surface area contributed by atoms with Crippen molar-refractivity contribution >= 4 is 11.8 Å². The number of hydrogen-bond donors (Lipinski definition) is 1. The first kappa shape index (κ1) is 16.8. The number of likely N-dealkylation sites (tertiary alicyclic amines) is 1. The molecule has 0 aromatic heterocycles. The number of carbonyl (C=O) groups is 2. The van der Waals surface area contributed by atoms with Gasteiger partial charge in [0.2, 0.25) is 11.8 Å². The maximum absolute atomic E-state index is 12.6. The summed E-state index contributed by atoms with van der Waals surface area (Å²) in [5.41, 5.74) is 0.958. The Morgan fingerprint density at radius 1 is 1.38 bits per heavy atom. The molecule has 2 saturated heterocycles. The van der Waals surface area contributed by atoms with Crippen molar-refractivity contribution < 1.29 is 14.3 Å². The van der Waals surface area contributed by atoms with Gasteiger partial charge >= 0.3 is 0 Å². The summed E-state index contributed by atoms with van der Waals surface area (Å²) in [4.78, 5) is 28.6. The third kappa shape index (κ3) is 3.87. The van der Waals surface area contributed by atoms with Gasteiger partial charge in [-0.15, -0.1) is 0 Å². The van der Waals surface area contributed by atoms with E-state index in [1.165, 1.54) is 0 Å². The average molecular weight is 331 g/mol. The lowest BCUT2D eigenvalue weighted by molar-refractivity contribution is -0.140. The molecule has 0 aliphatic carbocycles. The first-order chi connectivity index (χ1) is 11.7. The number of hydrogen-bond acceptors (Lipinski definition) is 4. The normalized spacial score (nSPS) is 21.7. The third-order valence-electron chi connectivity index (χ3n) is 4.81. The Hall–Kier alpha value is -2.08. The van der Waals surface area contributed by atoms with Crippen LogP contribution in [0, 0.1) is 0 Å². The fourth-order valence-corrected chi connectivity index (χ4v) is 3.51. The highest BCUT2D eigenvalue weighted by Crippen LogP contribution is 2.19. The smallest absolute Gasteiger partial charge is 0.236 e. The molecule has 2 fully saturated rings. The highest BCUT2D eigenvalue weighted by Gasteiger charge is 2.31. The first-order valence-electron chi connectivity index (χ1n) is 8.58. The molecule has 1 aromatic rings. The maximum atomic E-state index is 12.6. The van der Waals surface area contributed by atoms with Gasteiger partial charge in [-0.1, -0.05) is 12.1 Å². The molecular weight excluding hydrogens is 306 g/mol. The van der Waals surface area contributed by atoms with Crippen molar-refractivity contribution in [2.24, 2.45) is 0 Å². The molecule has 1 aromatic carbocycles. The Bertz CT molecular complexity index is 605. The van der Waals surface area contributed by atoms with Crippen molar-refractivity contribution in [1.29, 1.82) is 0 Å². The average Bonchev–Trinajstić information content (AvgIpc) is 2.62. The Morgan fingerprint density at radius 2 is 2.25 bits per heavy atom. The van der Waals surface area contributed by atoms with Crippen LogP contribution >= 0.6 is 0 Å². The van der Waals surface area contributed by atoms with Gasteiger partial charge in [0.05, 0.1) is 20.1 Å². The second-order valence-corrected chi connectivity index (χ2v) is 6.43. The Balaban J connectivity index is 1.61. The van der Waals surface area contributed by atoms with Crippen LogP contribution in [0.4, 0.5) is 0 Å². The number of piperazine rings is 1. The second-order valence-electron chi connectivity index (χ2n) is 6.43.